The van der Waals surface area contributed by atoms with Gasteiger partial charge in [-0.25, -0.2) is 5.43 Å². The van der Waals surface area contributed by atoms with Crippen LogP contribution >= 0.6 is 39.1 Å². The van der Waals surface area contributed by atoms with Crippen molar-refractivity contribution in [2.75, 3.05) is 6.54 Å². The smallest absolute Gasteiger partial charge is 0.259 e. The fraction of sp³-hybridized carbons (Fsp3) is 0.0625. The van der Waals surface area contributed by atoms with Gasteiger partial charge in [0.1, 0.15) is 5.75 Å². The predicted octanol–water partition coefficient (Wildman–Crippen LogP) is 3.34. The van der Waals surface area contributed by atoms with Crippen LogP contribution in [0, 0.1) is 0 Å². The highest BCUT2D eigenvalue weighted by atomic mass is 79.9. The molecule has 2 aromatic carbocycles. The summed E-state index contributed by atoms with van der Waals surface area (Å²) in [6, 6.07) is 9.19. The minimum atomic E-state index is -0.529. The van der Waals surface area contributed by atoms with Crippen molar-refractivity contribution >= 4 is 57.2 Å². The number of nitrogens with zero attached hydrogens (tertiary/aromatic N) is 1. The van der Waals surface area contributed by atoms with Crippen LogP contribution in [-0.4, -0.2) is 29.7 Å². The highest BCUT2D eigenvalue weighted by Crippen LogP contribution is 2.22. The molecule has 0 aliphatic rings. The minimum absolute atomic E-state index is 0.0223. The first-order chi connectivity index (χ1) is 11.9. The van der Waals surface area contributed by atoms with Crippen LogP contribution in [0.1, 0.15) is 15.9 Å². The van der Waals surface area contributed by atoms with Crippen LogP contribution in [0.15, 0.2) is 46.0 Å². The first-order valence-corrected chi connectivity index (χ1v) is 8.45. The van der Waals surface area contributed by atoms with Crippen molar-refractivity contribution in [3.05, 3.63) is 62.0 Å². The summed E-state index contributed by atoms with van der Waals surface area (Å²) in [6.45, 7) is -0.277. The average Bonchev–Trinajstić information content (AvgIpc) is 2.58. The Labute approximate surface area is 162 Å². The van der Waals surface area contributed by atoms with E-state index in [1.165, 1.54) is 30.5 Å². The number of rotatable bonds is 5. The molecule has 6 nitrogen and oxygen atoms in total. The van der Waals surface area contributed by atoms with Crippen LogP contribution in [0.2, 0.25) is 10.0 Å². The second kappa shape index (κ2) is 8.84. The van der Waals surface area contributed by atoms with E-state index < -0.39 is 11.8 Å². The lowest BCUT2D eigenvalue weighted by atomic mass is 10.2. The third-order valence-electron chi connectivity index (χ3n) is 2.97. The molecule has 0 aliphatic heterocycles. The Morgan fingerprint density at radius 3 is 2.64 bits per heavy atom. The Bertz CT molecular complexity index is 843. The van der Waals surface area contributed by atoms with E-state index in [1.807, 2.05) is 0 Å². The topological polar surface area (TPSA) is 90.8 Å². The van der Waals surface area contributed by atoms with Gasteiger partial charge in [0.05, 0.1) is 22.8 Å². The third-order valence-corrected chi connectivity index (χ3v) is 4.21. The summed E-state index contributed by atoms with van der Waals surface area (Å²) in [6.07, 6.45) is 1.29. The number of hydrogen-bond donors (Lipinski definition) is 3. The zero-order valence-electron chi connectivity index (χ0n) is 12.6. The van der Waals surface area contributed by atoms with Crippen LogP contribution in [0.5, 0.6) is 5.75 Å². The number of carbonyl (C=O) groups is 2. The number of hydrogen-bond acceptors (Lipinski definition) is 4. The van der Waals surface area contributed by atoms with Gasteiger partial charge in [-0.2, -0.15) is 5.10 Å². The lowest BCUT2D eigenvalue weighted by Crippen LogP contribution is -2.34. The maximum atomic E-state index is 11.9. The molecule has 0 atom stereocenters. The monoisotopic (exact) mass is 443 g/mol. The van der Waals surface area contributed by atoms with Crippen molar-refractivity contribution < 1.29 is 14.7 Å². The molecule has 2 rings (SSSR count). The van der Waals surface area contributed by atoms with Crippen molar-refractivity contribution in [3.63, 3.8) is 0 Å². The molecule has 0 saturated carbocycles. The van der Waals surface area contributed by atoms with Crippen LogP contribution in [0.3, 0.4) is 0 Å². The second-order valence-electron chi connectivity index (χ2n) is 4.81. The fourth-order valence-corrected chi connectivity index (χ4v) is 2.42. The maximum absolute atomic E-state index is 11.9. The van der Waals surface area contributed by atoms with E-state index in [0.717, 1.165) is 4.47 Å². The van der Waals surface area contributed by atoms with Crippen molar-refractivity contribution in [3.8, 4) is 5.75 Å². The molecule has 0 unspecified atom stereocenters. The fourth-order valence-electron chi connectivity index (χ4n) is 1.74. The Kier molecular flexibility index (Phi) is 6.81. The van der Waals surface area contributed by atoms with Crippen molar-refractivity contribution in [1.29, 1.82) is 0 Å². The summed E-state index contributed by atoms with van der Waals surface area (Å²) in [5, 5.41) is 16.4. The van der Waals surface area contributed by atoms with Gasteiger partial charge in [-0.05, 0) is 36.4 Å². The molecule has 0 aliphatic carbocycles. The molecule has 0 saturated heterocycles. The lowest BCUT2D eigenvalue weighted by Gasteiger charge is -2.05. The molecule has 9 heteroatoms. The van der Waals surface area contributed by atoms with Gasteiger partial charge in [-0.15, -0.1) is 0 Å². The number of amides is 2. The van der Waals surface area contributed by atoms with Crippen LogP contribution in [0.4, 0.5) is 0 Å². The van der Waals surface area contributed by atoms with E-state index in [9.17, 15) is 14.7 Å². The summed E-state index contributed by atoms with van der Waals surface area (Å²) in [5.41, 5.74) is 2.96. The van der Waals surface area contributed by atoms with E-state index in [-0.39, 0.29) is 22.9 Å². The second-order valence-corrected chi connectivity index (χ2v) is 6.54. The largest absolute Gasteiger partial charge is 0.507 e. The van der Waals surface area contributed by atoms with E-state index in [1.54, 1.807) is 12.1 Å². The molecule has 130 valence electrons. The molecule has 25 heavy (non-hydrogen) atoms. The molecule has 0 fully saturated rings. The summed E-state index contributed by atoms with van der Waals surface area (Å²) in [4.78, 5) is 23.6. The zero-order valence-corrected chi connectivity index (χ0v) is 15.7. The number of benzene rings is 2. The number of phenols is 1. The van der Waals surface area contributed by atoms with Gasteiger partial charge in [0, 0.05) is 15.6 Å². The SMILES string of the molecule is O=C(CNC(=O)c1ccc(Cl)c(Cl)c1)N/N=C\c1cc(Br)ccc1O. The van der Waals surface area contributed by atoms with Crippen molar-refractivity contribution in [2.24, 2.45) is 5.10 Å². The Morgan fingerprint density at radius 1 is 1.16 bits per heavy atom. The van der Waals surface area contributed by atoms with Gasteiger partial charge >= 0.3 is 0 Å². The Balaban J connectivity index is 1.86. The van der Waals surface area contributed by atoms with E-state index in [4.69, 9.17) is 23.2 Å². The van der Waals surface area contributed by atoms with Crippen LogP contribution in [-0.2, 0) is 4.79 Å². The first kappa shape index (κ1) is 19.2. The molecule has 3 N–H and O–H groups in total. The van der Waals surface area contributed by atoms with Gasteiger partial charge in [0.15, 0.2) is 0 Å². The number of phenolic OH excluding ortho intramolecular Hbond substituents is 1. The molecule has 0 radical (unpaired) electrons. The molecule has 0 heterocycles. The highest BCUT2D eigenvalue weighted by Gasteiger charge is 2.09. The number of carbonyl (C=O) groups excluding carboxylic acids is 2. The Morgan fingerprint density at radius 2 is 1.92 bits per heavy atom. The standard InChI is InChI=1S/C16H12BrCl2N3O3/c17-11-2-4-14(23)10(5-11)7-21-22-15(24)8-20-16(25)9-1-3-12(18)13(19)6-9/h1-7,23H,8H2,(H,20,25)(H,22,24)/b21-7-. The average molecular weight is 445 g/mol. The zero-order chi connectivity index (χ0) is 18.4. The first-order valence-electron chi connectivity index (χ1n) is 6.90. The van der Waals surface area contributed by atoms with Crippen molar-refractivity contribution in [1.82, 2.24) is 10.7 Å². The molecule has 2 aromatic rings. The summed E-state index contributed by atoms with van der Waals surface area (Å²) < 4.78 is 0.756. The van der Waals surface area contributed by atoms with Gasteiger partial charge < -0.3 is 10.4 Å². The minimum Gasteiger partial charge on any atom is -0.507 e. The predicted molar refractivity (Wildman–Crippen MR) is 100 cm³/mol. The normalized spacial score (nSPS) is 10.7. The lowest BCUT2D eigenvalue weighted by molar-refractivity contribution is -0.120. The quantitative estimate of drug-likeness (QED) is 0.487. The molecular formula is C16H12BrCl2N3O3. The summed E-state index contributed by atoms with van der Waals surface area (Å²) >= 11 is 14.9. The van der Waals surface area contributed by atoms with E-state index in [0.29, 0.717) is 10.6 Å². The summed E-state index contributed by atoms with van der Waals surface area (Å²) in [7, 11) is 0. The maximum Gasteiger partial charge on any atom is 0.259 e. The van der Waals surface area contributed by atoms with Gasteiger partial charge in [-0.3, -0.25) is 9.59 Å². The molecule has 0 spiro atoms. The molecule has 0 bridgehead atoms. The van der Waals surface area contributed by atoms with Crippen molar-refractivity contribution in [2.45, 2.75) is 0 Å². The number of nitrogens with one attached hydrogen (secondary N) is 2. The van der Waals surface area contributed by atoms with Crippen LogP contribution < -0.4 is 10.7 Å². The number of aromatic hydroxyl groups is 1. The molecule has 2 amide bonds. The van der Waals surface area contributed by atoms with Crippen LogP contribution in [0.25, 0.3) is 0 Å². The van der Waals surface area contributed by atoms with E-state index in [2.05, 4.69) is 31.8 Å². The number of hydrazone groups is 1. The highest BCUT2D eigenvalue weighted by molar-refractivity contribution is 9.10. The third kappa shape index (κ3) is 5.74. The van der Waals surface area contributed by atoms with E-state index >= 15 is 0 Å². The van der Waals surface area contributed by atoms with Gasteiger partial charge in [0.25, 0.3) is 11.8 Å². The summed E-state index contributed by atoms with van der Waals surface area (Å²) in [5.74, 6) is -0.976. The molecule has 0 aromatic heterocycles. The van der Waals surface area contributed by atoms with Gasteiger partial charge in [0.2, 0.25) is 0 Å². The number of halogens is 3. The Hall–Kier alpha value is -2.09. The van der Waals surface area contributed by atoms with Gasteiger partial charge in [-0.1, -0.05) is 39.1 Å². The molecular weight excluding hydrogens is 433 g/mol.